The lowest BCUT2D eigenvalue weighted by Crippen LogP contribution is -2.52. The quantitative estimate of drug-likeness (QED) is 0.487. The van der Waals surface area contributed by atoms with Crippen molar-refractivity contribution in [3.63, 3.8) is 0 Å². The van der Waals surface area contributed by atoms with Crippen LogP contribution in [0.3, 0.4) is 0 Å². The van der Waals surface area contributed by atoms with Crippen molar-refractivity contribution in [2.45, 2.75) is 37.8 Å². The maximum atomic E-state index is 11.1. The minimum Gasteiger partial charge on any atom is -0.480 e. The van der Waals surface area contributed by atoms with Gasteiger partial charge in [0.1, 0.15) is 0 Å². The van der Waals surface area contributed by atoms with E-state index in [2.05, 4.69) is 20.2 Å². The van der Waals surface area contributed by atoms with Gasteiger partial charge in [-0.1, -0.05) is 0 Å². The lowest BCUT2D eigenvalue weighted by Gasteiger charge is -2.42. The normalized spacial score (nSPS) is 22.3. The number of carbonyl (C=O) groups is 1. The van der Waals surface area contributed by atoms with Crippen LogP contribution in [0.1, 0.15) is 25.7 Å². The molecule has 0 atom stereocenters. The van der Waals surface area contributed by atoms with Crippen molar-refractivity contribution in [1.29, 1.82) is 0 Å². The highest BCUT2D eigenvalue weighted by molar-refractivity contribution is 5.80. The number of hydrogen-bond donors (Lipinski definition) is 3. The van der Waals surface area contributed by atoms with Gasteiger partial charge >= 0.3 is 5.97 Å². The number of non-ortho nitro benzene ring substituents is 1. The Labute approximate surface area is 149 Å². The van der Waals surface area contributed by atoms with E-state index in [0.29, 0.717) is 22.9 Å². The molecule has 2 aromatic rings. The van der Waals surface area contributed by atoms with Crippen LogP contribution in [0.15, 0.2) is 18.2 Å². The van der Waals surface area contributed by atoms with E-state index in [9.17, 15) is 14.9 Å². The topological polar surface area (TPSA) is 124 Å². The number of benzene rings is 1. The highest BCUT2D eigenvalue weighted by Gasteiger charge is 2.37. The Bertz CT molecular complexity index is 841. The second-order valence-corrected chi connectivity index (χ2v) is 7.28. The summed E-state index contributed by atoms with van der Waals surface area (Å²) in [7, 11) is 0. The molecular weight excluding hydrogens is 338 g/mol. The molecule has 1 aromatic heterocycles. The highest BCUT2D eigenvalue weighted by atomic mass is 16.6. The van der Waals surface area contributed by atoms with Gasteiger partial charge in [-0.05, 0) is 37.7 Å². The van der Waals surface area contributed by atoms with Crippen LogP contribution < -0.4 is 5.32 Å². The van der Waals surface area contributed by atoms with Gasteiger partial charge in [0.15, 0.2) is 0 Å². The summed E-state index contributed by atoms with van der Waals surface area (Å²) in [6.45, 7) is 0.972. The zero-order chi connectivity index (χ0) is 18.3. The highest BCUT2D eigenvalue weighted by Crippen LogP contribution is 2.34. The van der Waals surface area contributed by atoms with Crippen molar-refractivity contribution in [3.8, 4) is 0 Å². The molecule has 1 aromatic carbocycles. The minimum atomic E-state index is -0.777. The van der Waals surface area contributed by atoms with E-state index in [-0.39, 0.29) is 24.3 Å². The third-order valence-electron chi connectivity index (χ3n) is 5.17. The fraction of sp³-hybridized carbons (Fsp3) is 0.529. The van der Waals surface area contributed by atoms with Crippen LogP contribution in [0, 0.1) is 16.0 Å². The molecule has 0 amide bonds. The molecule has 0 aliphatic heterocycles. The average molecular weight is 359 g/mol. The van der Waals surface area contributed by atoms with E-state index in [0.717, 1.165) is 19.4 Å². The first-order chi connectivity index (χ1) is 12.5. The number of nitrogens with one attached hydrogen (secondary N) is 2. The van der Waals surface area contributed by atoms with Gasteiger partial charge in [-0.15, -0.1) is 0 Å². The Morgan fingerprint density at radius 1 is 1.42 bits per heavy atom. The number of aliphatic carboxylic acids is 1. The summed E-state index contributed by atoms with van der Waals surface area (Å²) < 4.78 is 0. The van der Waals surface area contributed by atoms with E-state index in [1.807, 2.05) is 0 Å². The van der Waals surface area contributed by atoms with E-state index >= 15 is 0 Å². The number of carboxylic acid groups (broad SMARTS) is 1. The predicted octanol–water partition coefficient (Wildman–Crippen LogP) is 2.21. The molecule has 0 saturated heterocycles. The first-order valence-corrected chi connectivity index (χ1v) is 8.84. The molecule has 2 fully saturated rings. The Balaban J connectivity index is 1.36. The monoisotopic (exact) mass is 359 g/mol. The largest absolute Gasteiger partial charge is 0.480 e. The number of nitro benzene ring substituents is 1. The van der Waals surface area contributed by atoms with Gasteiger partial charge in [-0.3, -0.25) is 19.8 Å². The van der Waals surface area contributed by atoms with Crippen LogP contribution in [-0.4, -0.2) is 56.0 Å². The summed E-state index contributed by atoms with van der Waals surface area (Å²) in [6.07, 6.45) is 4.15. The van der Waals surface area contributed by atoms with Gasteiger partial charge < -0.3 is 15.4 Å². The number of hydrogen-bond acceptors (Lipinski definition) is 6. The Morgan fingerprint density at radius 2 is 2.19 bits per heavy atom. The summed E-state index contributed by atoms with van der Waals surface area (Å²) in [6, 6.07) is 5.05. The molecule has 2 saturated carbocycles. The molecule has 26 heavy (non-hydrogen) atoms. The second-order valence-electron chi connectivity index (χ2n) is 7.28. The molecule has 0 bridgehead atoms. The number of rotatable bonds is 8. The molecule has 2 aliphatic carbocycles. The molecule has 0 unspecified atom stereocenters. The van der Waals surface area contributed by atoms with Crippen molar-refractivity contribution >= 4 is 28.6 Å². The minimum absolute atomic E-state index is 0.0285. The summed E-state index contributed by atoms with van der Waals surface area (Å²) in [5.74, 6) is 0.476. The van der Waals surface area contributed by atoms with Gasteiger partial charge in [0, 0.05) is 30.8 Å². The van der Waals surface area contributed by atoms with Gasteiger partial charge in [0.25, 0.3) is 5.69 Å². The lowest BCUT2D eigenvalue weighted by molar-refractivity contribution is -0.384. The SMILES string of the molecule is O=C(O)CN(CC1CC1)C1CC(Nc2nc3ccc([N+](=O)[O-])cc3[nH]2)C1. The van der Waals surface area contributed by atoms with Gasteiger partial charge in [0.05, 0.1) is 22.5 Å². The van der Waals surface area contributed by atoms with Crippen molar-refractivity contribution < 1.29 is 14.8 Å². The Kier molecular flexibility index (Phi) is 4.23. The van der Waals surface area contributed by atoms with Crippen molar-refractivity contribution in [2.24, 2.45) is 5.92 Å². The molecule has 0 radical (unpaired) electrons. The smallest absolute Gasteiger partial charge is 0.317 e. The molecule has 2 aliphatic rings. The number of nitro groups is 1. The standard InChI is InChI=1S/C17H21N5O4/c23-16(24)9-21(8-10-1-2-10)13-5-11(6-13)18-17-19-14-4-3-12(22(25)26)7-15(14)20-17/h3-4,7,10-11,13H,1-2,5-6,8-9H2,(H,23,24)(H2,18,19,20). The molecule has 9 nitrogen and oxygen atoms in total. The molecule has 0 spiro atoms. The van der Waals surface area contributed by atoms with Gasteiger partial charge in [0.2, 0.25) is 5.95 Å². The fourth-order valence-corrected chi connectivity index (χ4v) is 3.53. The first-order valence-electron chi connectivity index (χ1n) is 8.84. The number of aromatic nitrogens is 2. The summed E-state index contributed by atoms with van der Waals surface area (Å²) >= 11 is 0. The first kappa shape index (κ1) is 16.8. The molecular formula is C17H21N5O4. The zero-order valence-corrected chi connectivity index (χ0v) is 14.2. The molecule has 4 rings (SSSR count). The Hall–Kier alpha value is -2.68. The Morgan fingerprint density at radius 3 is 2.85 bits per heavy atom. The molecule has 3 N–H and O–H groups in total. The van der Waals surface area contributed by atoms with E-state index < -0.39 is 10.9 Å². The third-order valence-corrected chi connectivity index (χ3v) is 5.17. The maximum Gasteiger partial charge on any atom is 0.317 e. The van der Waals surface area contributed by atoms with Crippen LogP contribution >= 0.6 is 0 Å². The van der Waals surface area contributed by atoms with Crippen LogP contribution in [0.4, 0.5) is 11.6 Å². The number of nitrogens with zero attached hydrogens (tertiary/aromatic N) is 3. The van der Waals surface area contributed by atoms with Crippen molar-refractivity contribution in [1.82, 2.24) is 14.9 Å². The number of imidazole rings is 1. The van der Waals surface area contributed by atoms with Crippen LogP contribution in [0.5, 0.6) is 0 Å². The van der Waals surface area contributed by atoms with Crippen LogP contribution in [0.2, 0.25) is 0 Å². The number of carboxylic acids is 1. The van der Waals surface area contributed by atoms with Gasteiger partial charge in [-0.25, -0.2) is 4.98 Å². The van der Waals surface area contributed by atoms with Crippen molar-refractivity contribution in [2.75, 3.05) is 18.4 Å². The predicted molar refractivity (Wildman–Crippen MR) is 95.1 cm³/mol. The second kappa shape index (κ2) is 6.56. The number of aromatic amines is 1. The summed E-state index contributed by atoms with van der Waals surface area (Å²) in [5, 5.41) is 23.3. The van der Waals surface area contributed by atoms with Crippen molar-refractivity contribution in [3.05, 3.63) is 28.3 Å². The third kappa shape index (κ3) is 3.62. The number of anilines is 1. The molecule has 1 heterocycles. The maximum absolute atomic E-state index is 11.1. The summed E-state index contributed by atoms with van der Waals surface area (Å²) in [5.41, 5.74) is 1.33. The van der Waals surface area contributed by atoms with E-state index in [1.165, 1.54) is 25.0 Å². The molecule has 138 valence electrons. The lowest BCUT2D eigenvalue weighted by atomic mass is 9.85. The van der Waals surface area contributed by atoms with Crippen LogP contribution in [0.25, 0.3) is 11.0 Å². The number of H-pyrrole nitrogens is 1. The average Bonchev–Trinajstić information content (AvgIpc) is 3.25. The zero-order valence-electron chi connectivity index (χ0n) is 14.2. The van der Waals surface area contributed by atoms with E-state index in [4.69, 9.17) is 5.11 Å². The summed E-state index contributed by atoms with van der Waals surface area (Å²) in [4.78, 5) is 31.1. The van der Waals surface area contributed by atoms with E-state index in [1.54, 1.807) is 6.07 Å². The fourth-order valence-electron chi connectivity index (χ4n) is 3.53. The van der Waals surface area contributed by atoms with Gasteiger partial charge in [-0.2, -0.15) is 0 Å². The van der Waals surface area contributed by atoms with Crippen LogP contribution in [-0.2, 0) is 4.79 Å². The number of fused-ring (bicyclic) bond motifs is 1. The molecule has 9 heteroatoms.